The molecule has 0 bridgehead atoms. The van der Waals surface area contributed by atoms with Crippen LogP contribution in [-0.2, 0) is 4.79 Å². The Hall–Kier alpha value is -2.39. The predicted octanol–water partition coefficient (Wildman–Crippen LogP) is 4.58. The number of thioether (sulfide) groups is 1. The van der Waals surface area contributed by atoms with Crippen LogP contribution in [0.15, 0.2) is 47.4 Å². The number of hydrogen-bond acceptors (Lipinski definition) is 5. The number of anilines is 1. The molecule has 0 unspecified atom stereocenters. The van der Waals surface area contributed by atoms with E-state index in [9.17, 15) is 23.7 Å². The molecule has 0 aliphatic carbocycles. The minimum atomic E-state index is -2.99. The third-order valence-electron chi connectivity index (χ3n) is 2.85. The summed E-state index contributed by atoms with van der Waals surface area (Å²) in [5.41, 5.74) is 0.301. The fourth-order valence-electron chi connectivity index (χ4n) is 1.78. The van der Waals surface area contributed by atoms with Gasteiger partial charge >= 0.3 is 6.61 Å². The minimum Gasteiger partial charge on any atom is -0.433 e. The van der Waals surface area contributed by atoms with Crippen molar-refractivity contribution in [3.63, 3.8) is 0 Å². The number of benzene rings is 2. The molecule has 0 heterocycles. The first-order chi connectivity index (χ1) is 11.8. The summed E-state index contributed by atoms with van der Waals surface area (Å²) in [4.78, 5) is 22.7. The maximum Gasteiger partial charge on any atom is 0.387 e. The molecule has 10 heteroatoms. The predicted molar refractivity (Wildman–Crippen MR) is 90.5 cm³/mol. The van der Waals surface area contributed by atoms with Crippen LogP contribution in [0, 0.1) is 10.1 Å². The van der Waals surface area contributed by atoms with Gasteiger partial charge in [0, 0.05) is 22.7 Å². The van der Waals surface area contributed by atoms with Crippen LogP contribution in [-0.4, -0.2) is 23.2 Å². The van der Waals surface area contributed by atoms with E-state index in [1.54, 1.807) is 12.1 Å². The number of rotatable bonds is 7. The first-order valence-corrected chi connectivity index (χ1v) is 8.13. The van der Waals surface area contributed by atoms with E-state index < -0.39 is 11.5 Å². The van der Waals surface area contributed by atoms with Crippen LogP contribution in [0.2, 0.25) is 5.02 Å². The van der Waals surface area contributed by atoms with Crippen molar-refractivity contribution < 1.29 is 23.2 Å². The second-order valence-electron chi connectivity index (χ2n) is 4.61. The third-order valence-corrected chi connectivity index (χ3v) is 4.16. The molecule has 1 amide bonds. The van der Waals surface area contributed by atoms with Crippen LogP contribution < -0.4 is 10.1 Å². The van der Waals surface area contributed by atoms with Crippen LogP contribution in [0.25, 0.3) is 0 Å². The van der Waals surface area contributed by atoms with Crippen LogP contribution in [0.3, 0.4) is 0 Å². The quantitative estimate of drug-likeness (QED) is 0.426. The molecule has 2 aromatic carbocycles. The zero-order valence-electron chi connectivity index (χ0n) is 12.4. The van der Waals surface area contributed by atoms with E-state index in [1.807, 2.05) is 0 Å². The monoisotopic (exact) mass is 388 g/mol. The number of halogens is 3. The van der Waals surface area contributed by atoms with E-state index in [-0.39, 0.29) is 28.1 Å². The van der Waals surface area contributed by atoms with Crippen LogP contribution in [0.5, 0.6) is 5.75 Å². The molecule has 0 saturated carbocycles. The third kappa shape index (κ3) is 5.87. The summed E-state index contributed by atoms with van der Waals surface area (Å²) in [6.45, 7) is -2.99. The highest BCUT2D eigenvalue weighted by Gasteiger charge is 2.11. The van der Waals surface area contributed by atoms with Gasteiger partial charge in [0.25, 0.3) is 5.69 Å². The van der Waals surface area contributed by atoms with Crippen molar-refractivity contribution in [2.75, 3.05) is 11.1 Å². The molecule has 0 aromatic heterocycles. The number of nitro benzene ring substituents is 1. The Morgan fingerprint density at radius 1 is 1.28 bits per heavy atom. The summed E-state index contributed by atoms with van der Waals surface area (Å²) < 4.78 is 28.5. The summed E-state index contributed by atoms with van der Waals surface area (Å²) in [5, 5.41) is 13.1. The Morgan fingerprint density at radius 3 is 2.52 bits per heavy atom. The van der Waals surface area contributed by atoms with Crippen molar-refractivity contribution >= 4 is 40.6 Å². The van der Waals surface area contributed by atoms with Gasteiger partial charge in [0.2, 0.25) is 5.91 Å². The van der Waals surface area contributed by atoms with Crippen LogP contribution >= 0.6 is 23.4 Å². The van der Waals surface area contributed by atoms with Crippen molar-refractivity contribution in [1.82, 2.24) is 0 Å². The molecular formula is C15H11ClF2N2O4S. The molecule has 25 heavy (non-hydrogen) atoms. The zero-order chi connectivity index (χ0) is 18.4. The van der Waals surface area contributed by atoms with Gasteiger partial charge in [-0.25, -0.2) is 0 Å². The van der Waals surface area contributed by atoms with Crippen molar-refractivity contribution in [3.8, 4) is 5.75 Å². The number of non-ortho nitro benzene ring substituents is 1. The van der Waals surface area contributed by atoms with Crippen LogP contribution in [0.4, 0.5) is 20.2 Å². The maximum absolute atomic E-state index is 12.2. The fourth-order valence-corrected chi connectivity index (χ4v) is 2.70. The molecule has 132 valence electrons. The number of alkyl halides is 2. The lowest BCUT2D eigenvalue weighted by Gasteiger charge is -2.09. The number of carbonyl (C=O) groups excluding carboxylic acids is 1. The van der Waals surface area contributed by atoms with Gasteiger partial charge < -0.3 is 10.1 Å². The summed E-state index contributed by atoms with van der Waals surface area (Å²) in [6, 6.07) is 9.70. The highest BCUT2D eigenvalue weighted by Crippen LogP contribution is 2.29. The van der Waals surface area contributed by atoms with E-state index in [2.05, 4.69) is 10.1 Å². The van der Waals surface area contributed by atoms with E-state index >= 15 is 0 Å². The SMILES string of the molecule is O=C(CSc1ccc([N+](=O)[O-])cc1)Nc1ccc(OC(F)F)c(Cl)c1. The summed E-state index contributed by atoms with van der Waals surface area (Å²) in [6.07, 6.45) is 0. The first kappa shape index (κ1) is 18.9. The van der Waals surface area contributed by atoms with E-state index in [1.165, 1.54) is 42.1 Å². The van der Waals surface area contributed by atoms with E-state index in [0.717, 1.165) is 0 Å². The summed E-state index contributed by atoms with van der Waals surface area (Å²) in [7, 11) is 0. The summed E-state index contributed by atoms with van der Waals surface area (Å²) >= 11 is 6.99. The number of ether oxygens (including phenoxy) is 1. The van der Waals surface area contributed by atoms with Gasteiger partial charge in [-0.2, -0.15) is 8.78 Å². The lowest BCUT2D eigenvalue weighted by molar-refractivity contribution is -0.384. The van der Waals surface area contributed by atoms with Gasteiger partial charge in [0.05, 0.1) is 15.7 Å². The van der Waals surface area contributed by atoms with Gasteiger partial charge in [0.1, 0.15) is 5.75 Å². The number of nitrogens with zero attached hydrogens (tertiary/aromatic N) is 1. The van der Waals surface area contributed by atoms with Gasteiger partial charge in [0.15, 0.2) is 0 Å². The van der Waals surface area contributed by atoms with Gasteiger partial charge in [-0.15, -0.1) is 11.8 Å². The highest BCUT2D eigenvalue weighted by atomic mass is 35.5. The van der Waals surface area contributed by atoms with Crippen LogP contribution in [0.1, 0.15) is 0 Å². The van der Waals surface area contributed by atoms with Gasteiger partial charge in [-0.3, -0.25) is 14.9 Å². The Balaban J connectivity index is 1.89. The Bertz CT molecular complexity index is 775. The largest absolute Gasteiger partial charge is 0.433 e. The molecular weight excluding hydrogens is 378 g/mol. The number of nitro groups is 1. The first-order valence-electron chi connectivity index (χ1n) is 6.76. The molecule has 2 aromatic rings. The standard InChI is InChI=1S/C15H11ClF2N2O4S/c16-12-7-9(1-6-13(12)24-15(17)18)19-14(21)8-25-11-4-2-10(3-5-11)20(22)23/h1-7,15H,8H2,(H,19,21). The van der Waals surface area contributed by atoms with E-state index in [4.69, 9.17) is 11.6 Å². The maximum atomic E-state index is 12.2. The second kappa shape index (κ2) is 8.63. The smallest absolute Gasteiger partial charge is 0.387 e. The van der Waals surface area contributed by atoms with Crippen molar-refractivity contribution in [2.24, 2.45) is 0 Å². The zero-order valence-corrected chi connectivity index (χ0v) is 14.0. The van der Waals surface area contributed by atoms with Gasteiger partial charge in [-0.1, -0.05) is 11.6 Å². The lowest BCUT2D eigenvalue weighted by atomic mass is 10.3. The molecule has 0 fully saturated rings. The molecule has 0 aliphatic heterocycles. The summed E-state index contributed by atoms with van der Waals surface area (Å²) in [5.74, 6) is -0.470. The normalized spacial score (nSPS) is 10.6. The van der Waals surface area contributed by atoms with Crippen molar-refractivity contribution in [1.29, 1.82) is 0 Å². The molecule has 6 nitrogen and oxygen atoms in total. The van der Waals surface area contributed by atoms with Gasteiger partial charge in [-0.05, 0) is 30.3 Å². The molecule has 0 saturated heterocycles. The molecule has 0 aliphatic rings. The van der Waals surface area contributed by atoms with Crippen molar-refractivity contribution in [2.45, 2.75) is 11.5 Å². The Kier molecular flexibility index (Phi) is 6.54. The lowest BCUT2D eigenvalue weighted by Crippen LogP contribution is -2.14. The Morgan fingerprint density at radius 2 is 1.96 bits per heavy atom. The number of carbonyl (C=O) groups is 1. The number of hydrogen-bond donors (Lipinski definition) is 1. The highest BCUT2D eigenvalue weighted by molar-refractivity contribution is 8.00. The molecule has 0 radical (unpaired) electrons. The molecule has 0 atom stereocenters. The second-order valence-corrected chi connectivity index (χ2v) is 6.07. The molecule has 0 spiro atoms. The number of nitrogens with one attached hydrogen (secondary N) is 1. The minimum absolute atomic E-state index is 0.0328. The van der Waals surface area contributed by atoms with Crippen molar-refractivity contribution in [3.05, 3.63) is 57.6 Å². The Labute approximate surface area is 150 Å². The average Bonchev–Trinajstić information content (AvgIpc) is 2.55. The number of amides is 1. The molecule has 1 N–H and O–H groups in total. The van der Waals surface area contributed by atoms with E-state index in [0.29, 0.717) is 10.6 Å². The average molecular weight is 389 g/mol. The topological polar surface area (TPSA) is 81.5 Å². The molecule has 2 rings (SSSR count). The fraction of sp³-hybridized carbons (Fsp3) is 0.133.